The van der Waals surface area contributed by atoms with Gasteiger partial charge in [-0.25, -0.2) is 0 Å². The first-order valence-corrected chi connectivity index (χ1v) is 26.4. The fourth-order valence-corrected chi connectivity index (χ4v) is 7.60. The third kappa shape index (κ3) is 45.4. The molecule has 0 heterocycles. The topological polar surface area (TPSA) is 95.9 Å². The molecule has 0 fully saturated rings. The standard InChI is InChI=1S/C57H99NO5/c1-4-7-10-13-16-19-22-24-26-28-30-32-35-38-41-44-47-50-57(62)63-53(48-45-42-39-36-33-21-18-15-12-9-6-3)51-56(61)58-54(52-59)55(60)49-46-43-40-37-34-31-29-27-25-23-20-17-14-11-8-5-2/h9,12,15-16,18-19,21,24,26,33,36,39,42,45,53-55,59-60H,4-8,10-11,13-14,17,20,22-23,25,27-32,34-35,37-38,40-41,43-44,46-52H2,1-3H3,(H,58,61)/b12-9+,18-15+,19-16-,26-24-,33-21-,39-36-,45-42+. The van der Waals surface area contributed by atoms with E-state index in [4.69, 9.17) is 4.74 Å². The van der Waals surface area contributed by atoms with Crippen LogP contribution in [0.1, 0.15) is 239 Å². The Bertz CT molecular complexity index is 1210. The molecule has 362 valence electrons. The van der Waals surface area contributed by atoms with Gasteiger partial charge in [-0.1, -0.05) is 254 Å². The lowest BCUT2D eigenvalue weighted by Gasteiger charge is -2.24. The summed E-state index contributed by atoms with van der Waals surface area (Å²) in [6, 6.07) is -0.745. The fraction of sp³-hybridized carbons (Fsp3) is 0.719. The number of hydrogen-bond donors (Lipinski definition) is 3. The second-order valence-corrected chi connectivity index (χ2v) is 17.7. The van der Waals surface area contributed by atoms with E-state index in [0.717, 1.165) is 57.8 Å². The van der Waals surface area contributed by atoms with Crippen LogP contribution in [0.5, 0.6) is 0 Å². The molecule has 0 spiro atoms. The van der Waals surface area contributed by atoms with Gasteiger partial charge in [0, 0.05) is 12.8 Å². The molecule has 1 amide bonds. The number of carbonyl (C=O) groups excluding carboxylic acids is 2. The monoisotopic (exact) mass is 878 g/mol. The van der Waals surface area contributed by atoms with Gasteiger partial charge in [0.2, 0.25) is 5.91 Å². The van der Waals surface area contributed by atoms with Crippen molar-refractivity contribution in [2.45, 2.75) is 257 Å². The summed E-state index contributed by atoms with van der Waals surface area (Å²) >= 11 is 0. The minimum Gasteiger partial charge on any atom is -0.461 e. The van der Waals surface area contributed by atoms with Gasteiger partial charge >= 0.3 is 5.97 Å². The molecule has 0 aliphatic rings. The number of ether oxygens (including phenoxy) is 1. The number of unbranched alkanes of at least 4 members (excludes halogenated alkanes) is 25. The number of aliphatic hydroxyl groups excluding tert-OH is 2. The number of esters is 1. The first-order chi connectivity index (χ1) is 31.0. The summed E-state index contributed by atoms with van der Waals surface area (Å²) in [6.07, 6.45) is 65.3. The van der Waals surface area contributed by atoms with Gasteiger partial charge in [-0.2, -0.15) is 0 Å². The molecule has 6 nitrogen and oxygen atoms in total. The van der Waals surface area contributed by atoms with Crippen LogP contribution in [0.4, 0.5) is 0 Å². The number of nitrogens with one attached hydrogen (secondary N) is 1. The van der Waals surface area contributed by atoms with Gasteiger partial charge in [-0.05, 0) is 51.4 Å². The molecular formula is C57H99NO5. The number of rotatable bonds is 46. The first-order valence-electron chi connectivity index (χ1n) is 26.4. The van der Waals surface area contributed by atoms with Crippen molar-refractivity contribution in [1.29, 1.82) is 0 Å². The minimum atomic E-state index is -0.823. The van der Waals surface area contributed by atoms with Crippen molar-refractivity contribution in [3.8, 4) is 0 Å². The Hall–Kier alpha value is -2.96. The van der Waals surface area contributed by atoms with Crippen molar-refractivity contribution in [1.82, 2.24) is 5.32 Å². The number of amides is 1. The predicted octanol–water partition coefficient (Wildman–Crippen LogP) is 16.0. The van der Waals surface area contributed by atoms with Crippen LogP contribution in [-0.2, 0) is 14.3 Å². The van der Waals surface area contributed by atoms with Crippen molar-refractivity contribution >= 4 is 11.9 Å². The molecule has 0 saturated heterocycles. The molecule has 3 unspecified atom stereocenters. The molecule has 6 heteroatoms. The van der Waals surface area contributed by atoms with Crippen molar-refractivity contribution in [2.75, 3.05) is 6.61 Å². The minimum absolute atomic E-state index is 0.0248. The highest BCUT2D eigenvalue weighted by Crippen LogP contribution is 2.17. The number of carbonyl (C=O) groups is 2. The maximum Gasteiger partial charge on any atom is 0.306 e. The van der Waals surface area contributed by atoms with Gasteiger partial charge < -0.3 is 20.3 Å². The summed E-state index contributed by atoms with van der Waals surface area (Å²) in [5.41, 5.74) is 0. The molecule has 0 aromatic rings. The van der Waals surface area contributed by atoms with E-state index in [1.54, 1.807) is 0 Å². The van der Waals surface area contributed by atoms with Gasteiger partial charge in [-0.15, -0.1) is 0 Å². The third-order valence-electron chi connectivity index (χ3n) is 11.6. The van der Waals surface area contributed by atoms with E-state index in [9.17, 15) is 19.8 Å². The normalized spacial score (nSPS) is 13.9. The number of allylic oxidation sites excluding steroid dienone is 13. The van der Waals surface area contributed by atoms with Crippen molar-refractivity contribution in [3.63, 3.8) is 0 Å². The summed E-state index contributed by atoms with van der Waals surface area (Å²) in [6.45, 7) is 6.28. The summed E-state index contributed by atoms with van der Waals surface area (Å²) in [5, 5.41) is 23.7. The first kappa shape index (κ1) is 60.0. The highest BCUT2D eigenvalue weighted by atomic mass is 16.5. The number of aliphatic hydroxyl groups is 2. The van der Waals surface area contributed by atoms with Crippen molar-refractivity contribution in [3.05, 3.63) is 85.1 Å². The van der Waals surface area contributed by atoms with E-state index in [1.807, 2.05) is 54.7 Å². The summed E-state index contributed by atoms with van der Waals surface area (Å²) in [4.78, 5) is 26.1. The van der Waals surface area contributed by atoms with Crippen LogP contribution >= 0.6 is 0 Å². The molecule has 0 rings (SSSR count). The molecule has 0 aromatic heterocycles. The second kappa shape index (κ2) is 50.0. The van der Waals surface area contributed by atoms with Crippen LogP contribution in [0, 0.1) is 0 Å². The van der Waals surface area contributed by atoms with Crippen molar-refractivity contribution < 1.29 is 24.5 Å². The maximum atomic E-state index is 13.2. The quantitative estimate of drug-likeness (QED) is 0.0245. The maximum absolute atomic E-state index is 13.2. The fourth-order valence-electron chi connectivity index (χ4n) is 7.60. The van der Waals surface area contributed by atoms with E-state index in [-0.39, 0.29) is 24.9 Å². The molecular weight excluding hydrogens is 779 g/mol. The molecule has 0 aliphatic carbocycles. The van der Waals surface area contributed by atoms with E-state index < -0.39 is 18.2 Å². The van der Waals surface area contributed by atoms with Gasteiger partial charge in [0.25, 0.3) is 0 Å². The lowest BCUT2D eigenvalue weighted by atomic mass is 10.0. The second-order valence-electron chi connectivity index (χ2n) is 17.7. The highest BCUT2D eigenvalue weighted by molar-refractivity contribution is 5.77. The van der Waals surface area contributed by atoms with Gasteiger partial charge in [-0.3, -0.25) is 9.59 Å². The summed E-state index contributed by atoms with van der Waals surface area (Å²) in [5.74, 6) is -0.618. The summed E-state index contributed by atoms with van der Waals surface area (Å²) < 4.78 is 5.84. The third-order valence-corrected chi connectivity index (χ3v) is 11.6. The van der Waals surface area contributed by atoms with Gasteiger partial charge in [0.05, 0.1) is 25.2 Å². The van der Waals surface area contributed by atoms with Gasteiger partial charge in [0.1, 0.15) is 6.10 Å². The lowest BCUT2D eigenvalue weighted by Crippen LogP contribution is -2.46. The Balaban J connectivity index is 4.60. The zero-order valence-electron chi connectivity index (χ0n) is 41.2. The van der Waals surface area contributed by atoms with Crippen molar-refractivity contribution in [2.24, 2.45) is 0 Å². The molecule has 0 aromatic carbocycles. The Morgan fingerprint density at radius 2 is 0.937 bits per heavy atom. The smallest absolute Gasteiger partial charge is 0.306 e. The van der Waals surface area contributed by atoms with Crippen LogP contribution in [-0.4, -0.2) is 46.9 Å². The van der Waals surface area contributed by atoms with E-state index in [2.05, 4.69) is 56.5 Å². The molecule has 0 saturated carbocycles. The zero-order valence-corrected chi connectivity index (χ0v) is 41.2. The molecule has 3 atom stereocenters. The molecule has 0 bridgehead atoms. The van der Waals surface area contributed by atoms with E-state index >= 15 is 0 Å². The average Bonchev–Trinajstić information content (AvgIpc) is 3.28. The Morgan fingerprint density at radius 3 is 1.44 bits per heavy atom. The highest BCUT2D eigenvalue weighted by Gasteiger charge is 2.23. The molecule has 0 aliphatic heterocycles. The van der Waals surface area contributed by atoms with E-state index in [0.29, 0.717) is 19.3 Å². The van der Waals surface area contributed by atoms with E-state index in [1.165, 1.54) is 135 Å². The van der Waals surface area contributed by atoms with Crippen LogP contribution in [0.2, 0.25) is 0 Å². The zero-order chi connectivity index (χ0) is 45.9. The Labute approximate surface area is 389 Å². The van der Waals surface area contributed by atoms with Crippen LogP contribution in [0.3, 0.4) is 0 Å². The van der Waals surface area contributed by atoms with Gasteiger partial charge in [0.15, 0.2) is 0 Å². The number of hydrogen-bond acceptors (Lipinski definition) is 5. The Morgan fingerprint density at radius 1 is 0.508 bits per heavy atom. The summed E-state index contributed by atoms with van der Waals surface area (Å²) in [7, 11) is 0. The van der Waals surface area contributed by atoms with Crippen LogP contribution in [0.15, 0.2) is 85.1 Å². The van der Waals surface area contributed by atoms with Crippen LogP contribution < -0.4 is 5.32 Å². The lowest BCUT2D eigenvalue weighted by molar-refractivity contribution is -0.150. The van der Waals surface area contributed by atoms with Crippen LogP contribution in [0.25, 0.3) is 0 Å². The SMILES string of the molecule is CC/C=C/C=C/C=C\C=C/C=C/CC(CC(=O)NC(CO)C(O)CCCCCCCCCCCCCCCCCC)OC(=O)CCCCCCCCC/C=C\C/C=C\CCCCC. The molecule has 3 N–H and O–H groups in total. The average molecular weight is 878 g/mol. The predicted molar refractivity (Wildman–Crippen MR) is 273 cm³/mol. The molecule has 0 radical (unpaired) electrons. The Kier molecular flexibility index (Phi) is 47.7. The molecule has 63 heavy (non-hydrogen) atoms. The largest absolute Gasteiger partial charge is 0.461 e.